The topological polar surface area (TPSA) is 29.5 Å². The predicted octanol–water partition coefficient (Wildman–Crippen LogP) is 3.50. The van der Waals surface area contributed by atoms with Crippen molar-refractivity contribution in [2.45, 2.75) is 31.4 Å². The summed E-state index contributed by atoms with van der Waals surface area (Å²) in [6.07, 6.45) is 3.47. The largest absolute Gasteiger partial charge is 0.374 e. The van der Waals surface area contributed by atoms with Gasteiger partial charge in [-0.25, -0.2) is 0 Å². The van der Waals surface area contributed by atoms with Crippen LogP contribution >= 0.6 is 27.5 Å². The van der Waals surface area contributed by atoms with E-state index in [1.165, 1.54) is 0 Å². The minimum Gasteiger partial charge on any atom is -0.374 e. The molecule has 1 saturated carbocycles. The Morgan fingerprint density at radius 2 is 2.26 bits per heavy atom. The van der Waals surface area contributed by atoms with Gasteiger partial charge in [0.1, 0.15) is 0 Å². The van der Waals surface area contributed by atoms with Crippen molar-refractivity contribution in [3.63, 3.8) is 0 Å². The van der Waals surface area contributed by atoms with Crippen molar-refractivity contribution in [3.05, 3.63) is 33.3 Å². The Balaban J connectivity index is 1.84. The average Bonchev–Trinajstić information content (AvgIpc) is 2.89. The zero-order chi connectivity index (χ0) is 13.4. The molecule has 0 N–H and O–H groups in total. The van der Waals surface area contributed by atoms with Gasteiger partial charge in [0.15, 0.2) is 0 Å². The number of carbonyl (C=O) groups excluding carboxylic acids is 1. The first-order valence-electron chi connectivity index (χ1n) is 6.54. The molecule has 2 atom stereocenters. The second-order valence-electron chi connectivity index (χ2n) is 5.03. The predicted molar refractivity (Wildman–Crippen MR) is 77.6 cm³/mol. The number of benzene rings is 1. The van der Waals surface area contributed by atoms with Crippen LogP contribution in [0.1, 0.15) is 29.6 Å². The van der Waals surface area contributed by atoms with Crippen LogP contribution in [0.5, 0.6) is 0 Å². The van der Waals surface area contributed by atoms with Gasteiger partial charge in [0.2, 0.25) is 0 Å². The molecule has 0 spiro atoms. The average molecular weight is 345 g/mol. The first kappa shape index (κ1) is 13.4. The molecule has 0 radical (unpaired) electrons. The summed E-state index contributed by atoms with van der Waals surface area (Å²) in [4.78, 5) is 14.6. The van der Waals surface area contributed by atoms with Gasteiger partial charge in [0, 0.05) is 16.6 Å². The van der Waals surface area contributed by atoms with Crippen LogP contribution in [0.15, 0.2) is 22.7 Å². The number of amides is 1. The lowest BCUT2D eigenvalue weighted by molar-refractivity contribution is -0.0445. The molecule has 1 aromatic carbocycles. The van der Waals surface area contributed by atoms with E-state index in [4.69, 9.17) is 16.3 Å². The van der Waals surface area contributed by atoms with Gasteiger partial charge < -0.3 is 9.64 Å². The maximum Gasteiger partial charge on any atom is 0.254 e. The molecule has 2 aliphatic rings. The van der Waals surface area contributed by atoms with Crippen molar-refractivity contribution in [1.29, 1.82) is 0 Å². The van der Waals surface area contributed by atoms with E-state index < -0.39 is 0 Å². The van der Waals surface area contributed by atoms with Crippen LogP contribution in [0.4, 0.5) is 0 Å². The second kappa shape index (κ2) is 5.43. The summed E-state index contributed by atoms with van der Waals surface area (Å²) in [5, 5.41) is 0.571. The number of hydrogen-bond acceptors (Lipinski definition) is 2. The van der Waals surface area contributed by atoms with Crippen molar-refractivity contribution >= 4 is 33.4 Å². The SMILES string of the molecule is O=C(c1ccc(Br)c(Cl)c1)N1CCOC2CCCC21. The molecule has 1 aliphatic heterocycles. The number of rotatable bonds is 1. The van der Waals surface area contributed by atoms with E-state index in [0.29, 0.717) is 23.7 Å². The van der Waals surface area contributed by atoms with Crippen LogP contribution in [0, 0.1) is 0 Å². The van der Waals surface area contributed by atoms with E-state index in [1.807, 2.05) is 17.0 Å². The Kier molecular flexibility index (Phi) is 3.83. The molecule has 1 saturated heterocycles. The van der Waals surface area contributed by atoms with Crippen molar-refractivity contribution in [2.75, 3.05) is 13.2 Å². The van der Waals surface area contributed by atoms with Crippen molar-refractivity contribution in [2.24, 2.45) is 0 Å². The highest BCUT2D eigenvalue weighted by Gasteiger charge is 2.38. The van der Waals surface area contributed by atoms with E-state index in [1.54, 1.807) is 6.07 Å². The summed E-state index contributed by atoms with van der Waals surface area (Å²) in [6, 6.07) is 5.61. The molecule has 2 fully saturated rings. The van der Waals surface area contributed by atoms with Crippen LogP contribution in [0.25, 0.3) is 0 Å². The lowest BCUT2D eigenvalue weighted by atomic mass is 10.1. The van der Waals surface area contributed by atoms with E-state index >= 15 is 0 Å². The Bertz CT molecular complexity index is 508. The number of halogens is 2. The molecule has 1 aromatic rings. The fraction of sp³-hybridized carbons (Fsp3) is 0.500. The molecule has 3 rings (SSSR count). The molecule has 3 nitrogen and oxygen atoms in total. The molecule has 5 heteroatoms. The van der Waals surface area contributed by atoms with Gasteiger partial charge in [-0.1, -0.05) is 11.6 Å². The number of morpholine rings is 1. The molecule has 1 amide bonds. The van der Waals surface area contributed by atoms with E-state index in [2.05, 4.69) is 15.9 Å². The van der Waals surface area contributed by atoms with Gasteiger partial charge in [-0.15, -0.1) is 0 Å². The highest BCUT2D eigenvalue weighted by atomic mass is 79.9. The fourth-order valence-electron chi connectivity index (χ4n) is 2.97. The van der Waals surface area contributed by atoms with Gasteiger partial charge in [-0.2, -0.15) is 0 Å². The smallest absolute Gasteiger partial charge is 0.254 e. The van der Waals surface area contributed by atoms with Gasteiger partial charge in [-0.3, -0.25) is 4.79 Å². The van der Waals surface area contributed by atoms with Gasteiger partial charge in [0.25, 0.3) is 5.91 Å². The van der Waals surface area contributed by atoms with Crippen molar-refractivity contribution in [1.82, 2.24) is 4.90 Å². The molecule has 0 aromatic heterocycles. The third-order valence-corrected chi connectivity index (χ3v) is 5.14. The molecule has 2 unspecified atom stereocenters. The zero-order valence-electron chi connectivity index (χ0n) is 10.4. The first-order chi connectivity index (χ1) is 9.16. The monoisotopic (exact) mass is 343 g/mol. The Hall–Kier alpha value is -0.580. The summed E-state index contributed by atoms with van der Waals surface area (Å²) in [7, 11) is 0. The highest BCUT2D eigenvalue weighted by Crippen LogP contribution is 2.31. The van der Waals surface area contributed by atoms with Crippen LogP contribution in [0.2, 0.25) is 5.02 Å². The van der Waals surface area contributed by atoms with Gasteiger partial charge in [0.05, 0.1) is 23.8 Å². The summed E-state index contributed by atoms with van der Waals surface area (Å²) >= 11 is 9.41. The van der Waals surface area contributed by atoms with Crippen LogP contribution in [-0.2, 0) is 4.74 Å². The molecule has 102 valence electrons. The second-order valence-corrected chi connectivity index (χ2v) is 6.30. The molecule has 0 bridgehead atoms. The molecular weight excluding hydrogens is 330 g/mol. The number of carbonyl (C=O) groups is 1. The Labute approximate surface area is 126 Å². The summed E-state index contributed by atoms with van der Waals surface area (Å²) < 4.78 is 6.55. The Morgan fingerprint density at radius 3 is 3.05 bits per heavy atom. The number of fused-ring (bicyclic) bond motifs is 1. The standard InChI is InChI=1S/C14H15BrClNO2/c15-10-5-4-9(8-11(10)16)14(18)17-6-7-19-13-3-1-2-12(13)17/h4-5,8,12-13H,1-3,6-7H2. The maximum absolute atomic E-state index is 12.6. The summed E-state index contributed by atoms with van der Waals surface area (Å²) in [5.41, 5.74) is 0.653. The van der Waals surface area contributed by atoms with E-state index in [9.17, 15) is 4.79 Å². The number of hydrogen-bond donors (Lipinski definition) is 0. The van der Waals surface area contributed by atoms with Crippen LogP contribution < -0.4 is 0 Å². The quantitative estimate of drug-likeness (QED) is 0.780. The molecule has 1 aliphatic carbocycles. The van der Waals surface area contributed by atoms with E-state index in [0.717, 1.165) is 23.7 Å². The summed E-state index contributed by atoms with van der Waals surface area (Å²) in [6.45, 7) is 1.31. The minimum absolute atomic E-state index is 0.0644. The van der Waals surface area contributed by atoms with Crippen LogP contribution in [0.3, 0.4) is 0 Å². The minimum atomic E-state index is 0.0644. The van der Waals surface area contributed by atoms with Crippen LogP contribution in [-0.4, -0.2) is 36.1 Å². The lowest BCUT2D eigenvalue weighted by Crippen LogP contribution is -2.51. The number of ether oxygens (including phenoxy) is 1. The molecular formula is C14H15BrClNO2. The normalized spacial score (nSPS) is 26.3. The maximum atomic E-state index is 12.6. The third-order valence-electron chi connectivity index (χ3n) is 3.91. The number of nitrogens with zero attached hydrogens (tertiary/aromatic N) is 1. The molecule has 1 heterocycles. The zero-order valence-corrected chi connectivity index (χ0v) is 12.8. The van der Waals surface area contributed by atoms with Gasteiger partial charge in [-0.05, 0) is 53.4 Å². The van der Waals surface area contributed by atoms with Gasteiger partial charge >= 0.3 is 0 Å². The van der Waals surface area contributed by atoms with E-state index in [-0.39, 0.29) is 18.1 Å². The highest BCUT2D eigenvalue weighted by molar-refractivity contribution is 9.10. The first-order valence-corrected chi connectivity index (χ1v) is 7.71. The van der Waals surface area contributed by atoms with Crippen molar-refractivity contribution < 1.29 is 9.53 Å². The summed E-state index contributed by atoms with van der Waals surface area (Å²) in [5.74, 6) is 0.0644. The molecule has 19 heavy (non-hydrogen) atoms. The Morgan fingerprint density at radius 1 is 1.42 bits per heavy atom. The van der Waals surface area contributed by atoms with Crippen molar-refractivity contribution in [3.8, 4) is 0 Å². The third kappa shape index (κ3) is 2.54. The fourth-order valence-corrected chi connectivity index (χ4v) is 3.40. The lowest BCUT2D eigenvalue weighted by Gasteiger charge is -2.37.